The molecule has 0 bridgehead atoms. The Bertz CT molecular complexity index is 4730. The molecular weight excluding hydrogens is 691 g/mol. The molecule has 0 aliphatic carbocycles. The number of rotatable bonds is 5. The summed E-state index contributed by atoms with van der Waals surface area (Å²) in [4.78, 5) is 0. The van der Waals surface area contributed by atoms with E-state index in [1.165, 1.54) is 4.57 Å². The summed E-state index contributed by atoms with van der Waals surface area (Å²) in [6.45, 7) is 0. The maximum absolute atomic E-state index is 9.94. The van der Waals surface area contributed by atoms with Crippen molar-refractivity contribution < 1.29 is 30.2 Å². The smallest absolute Gasteiger partial charge is 0.0782 e. The van der Waals surface area contributed by atoms with E-state index in [0.717, 1.165) is 25.8 Å². The number of benzene rings is 9. The zero-order valence-corrected chi connectivity index (χ0v) is 29.3. The molecule has 3 nitrogen and oxygen atoms in total. The Morgan fingerprint density at radius 1 is 0.316 bits per heavy atom. The third kappa shape index (κ3) is 4.73. The molecule has 0 fully saturated rings. The van der Waals surface area contributed by atoms with Crippen LogP contribution in [-0.2, 0) is 0 Å². The van der Waals surface area contributed by atoms with Crippen molar-refractivity contribution in [3.8, 4) is 39.3 Å². The van der Waals surface area contributed by atoms with Crippen LogP contribution in [0.1, 0.15) is 30.2 Å². The highest BCUT2D eigenvalue weighted by Crippen LogP contribution is 2.43. The first-order valence-corrected chi connectivity index (χ1v) is 17.8. The normalized spacial score (nSPS) is 17.3. The molecule has 0 amide bonds. The maximum Gasteiger partial charge on any atom is 0.0782 e. The van der Waals surface area contributed by atoms with Gasteiger partial charge in [0.2, 0.25) is 0 Å². The lowest BCUT2D eigenvalue weighted by Gasteiger charge is -2.16. The van der Waals surface area contributed by atoms with E-state index in [9.17, 15) is 16.4 Å². The van der Waals surface area contributed by atoms with E-state index >= 15 is 0 Å². The molecule has 3 heterocycles. The van der Waals surface area contributed by atoms with Crippen molar-refractivity contribution in [2.75, 3.05) is 0 Å². The summed E-state index contributed by atoms with van der Waals surface area (Å²) in [5.74, 6) is 0. The van der Waals surface area contributed by atoms with E-state index in [0.29, 0.717) is 5.56 Å². The predicted molar refractivity (Wildman–Crippen MR) is 240 cm³/mol. The van der Waals surface area contributed by atoms with Gasteiger partial charge in [-0.2, -0.15) is 0 Å². The van der Waals surface area contributed by atoms with Crippen LogP contribution in [0.2, 0.25) is 0 Å². The SMILES string of the molecule is [2H]c1c([2H])c([2H])c2c(c1[2H])c1c(-n3c4c([2H])c([2H])c([2H])c([2H])c4c4c([2H])c([2H])c([2H])c(-n5c6c([2H])c([2H])c([2H])c([2H])c6c6c([2H])c([2H])c([2H])c([2H])c65)c43)c([2H])c([2H])c([2H])c1n2-c1cccc(-c2cccc(-c3ccccc3)c2)c1. The number of fused-ring (bicyclic) bond motifs is 9. The number of hydrogen-bond acceptors (Lipinski definition) is 0. The van der Waals surface area contributed by atoms with Gasteiger partial charge in [-0.3, -0.25) is 0 Å². The van der Waals surface area contributed by atoms with Gasteiger partial charge >= 0.3 is 0 Å². The predicted octanol–water partition coefficient (Wildman–Crippen LogP) is 14.3. The lowest BCUT2D eigenvalue weighted by atomic mass is 9.99. The summed E-state index contributed by atoms with van der Waals surface area (Å²) >= 11 is 0. The van der Waals surface area contributed by atoms with Gasteiger partial charge in [-0.15, -0.1) is 0 Å². The van der Waals surface area contributed by atoms with E-state index in [1.54, 1.807) is 18.2 Å². The van der Waals surface area contributed by atoms with Crippen molar-refractivity contribution in [1.29, 1.82) is 0 Å². The summed E-state index contributed by atoms with van der Waals surface area (Å²) in [6.07, 6.45) is 0. The Hall–Kier alpha value is -7.62. The monoisotopic (exact) mass is 747 g/mol. The van der Waals surface area contributed by atoms with Gasteiger partial charge in [-0.25, -0.2) is 0 Å². The molecule has 57 heavy (non-hydrogen) atoms. The molecule has 0 saturated carbocycles. The van der Waals surface area contributed by atoms with Crippen molar-refractivity contribution >= 4 is 65.4 Å². The Balaban J connectivity index is 1.35. The molecule has 0 radical (unpaired) electrons. The topological polar surface area (TPSA) is 14.8 Å². The standard InChI is InChI=1S/C54H35N3/c1-2-16-36(17-3-1)37-18-12-19-38(34-37)39-20-13-21-40(35-39)55-49-30-11-7-25-45(49)53-50(55)31-15-32-51(53)57-48-29-10-6-24-43(48)44-26-14-33-52(54(44)57)56-46-27-8-4-22-41(46)42-23-5-9-28-47(42)56/h1-35H/i4D,5D,6D,7D,8D,9D,10D,11D,14D,15D,22D,23D,24D,25D,26D,27D,28D,29D,30D,31D,32D,33D. The first-order chi connectivity index (χ1) is 37.5. The average molecular weight is 748 g/mol. The second-order valence-corrected chi connectivity index (χ2v) is 13.3. The van der Waals surface area contributed by atoms with Crippen molar-refractivity contribution in [3.05, 3.63) is 212 Å². The van der Waals surface area contributed by atoms with Crippen LogP contribution in [0.5, 0.6) is 0 Å². The Kier molecular flexibility index (Phi) is 3.72. The van der Waals surface area contributed by atoms with Crippen LogP contribution in [0.15, 0.2) is 212 Å². The average Bonchev–Trinajstić information content (AvgIpc) is 2.40. The van der Waals surface area contributed by atoms with Gasteiger partial charge in [0.05, 0.1) is 74.6 Å². The van der Waals surface area contributed by atoms with Crippen LogP contribution in [-0.4, -0.2) is 13.7 Å². The van der Waals surface area contributed by atoms with E-state index in [4.69, 9.17) is 13.7 Å². The first-order valence-electron chi connectivity index (χ1n) is 28.8. The molecule has 266 valence electrons. The fraction of sp³-hybridized carbons (Fsp3) is 0. The molecule has 3 heteroatoms. The second-order valence-electron chi connectivity index (χ2n) is 13.3. The molecule has 12 rings (SSSR count). The highest BCUT2D eigenvalue weighted by Gasteiger charge is 2.23. The van der Waals surface area contributed by atoms with E-state index < -0.39 is 188 Å². The number of hydrogen-bond donors (Lipinski definition) is 0. The van der Waals surface area contributed by atoms with Gasteiger partial charge in [0, 0.05) is 38.0 Å². The number of aromatic nitrogens is 3. The zero-order chi connectivity index (χ0) is 56.6. The molecule has 3 aromatic heterocycles. The van der Waals surface area contributed by atoms with Crippen LogP contribution in [0.25, 0.3) is 105 Å². The molecule has 0 spiro atoms. The minimum Gasteiger partial charge on any atom is -0.309 e. The minimum atomic E-state index is -0.932. The Labute approximate surface area is 360 Å². The molecule has 0 N–H and O–H groups in total. The fourth-order valence-electron chi connectivity index (χ4n) is 7.90. The highest BCUT2D eigenvalue weighted by atomic mass is 15.1. The molecule has 9 aromatic carbocycles. The largest absolute Gasteiger partial charge is 0.309 e. The Morgan fingerprint density at radius 3 is 1.49 bits per heavy atom. The van der Waals surface area contributed by atoms with Crippen LogP contribution < -0.4 is 0 Å². The van der Waals surface area contributed by atoms with Gasteiger partial charge in [0.25, 0.3) is 0 Å². The molecule has 12 aromatic rings. The van der Waals surface area contributed by atoms with Gasteiger partial charge < -0.3 is 13.7 Å². The lowest BCUT2D eigenvalue weighted by molar-refractivity contribution is 1.14. The van der Waals surface area contributed by atoms with Crippen LogP contribution in [0.4, 0.5) is 0 Å². The molecule has 0 atom stereocenters. The van der Waals surface area contributed by atoms with Crippen molar-refractivity contribution in [3.63, 3.8) is 0 Å². The summed E-state index contributed by atoms with van der Waals surface area (Å²) in [5.41, 5.74) is -0.651. The van der Waals surface area contributed by atoms with Crippen molar-refractivity contribution in [1.82, 2.24) is 13.7 Å². The van der Waals surface area contributed by atoms with Crippen LogP contribution in [0.3, 0.4) is 0 Å². The molecule has 0 unspecified atom stereocenters. The molecule has 0 aliphatic heterocycles. The van der Waals surface area contributed by atoms with Gasteiger partial charge in [0.1, 0.15) is 0 Å². The summed E-state index contributed by atoms with van der Waals surface area (Å²) < 4.78 is 207. The third-order valence-corrected chi connectivity index (χ3v) is 10.3. The van der Waals surface area contributed by atoms with Gasteiger partial charge in [-0.1, -0.05) is 151 Å². The van der Waals surface area contributed by atoms with Gasteiger partial charge in [0.15, 0.2) is 0 Å². The molecule has 0 saturated heterocycles. The lowest BCUT2D eigenvalue weighted by Crippen LogP contribution is -2.01. The number of nitrogens with zero attached hydrogens (tertiary/aromatic N) is 3. The zero-order valence-electron chi connectivity index (χ0n) is 51.3. The minimum absolute atomic E-state index is 0.211. The van der Waals surface area contributed by atoms with E-state index in [1.807, 2.05) is 60.7 Å². The molecular formula is C54H35N3. The summed E-state index contributed by atoms with van der Waals surface area (Å²) in [5, 5.41) is -2.58. The van der Waals surface area contributed by atoms with E-state index in [-0.39, 0.29) is 27.5 Å². The highest BCUT2D eigenvalue weighted by molar-refractivity contribution is 6.18. The summed E-state index contributed by atoms with van der Waals surface area (Å²) in [6, 6.07) is 6.40. The van der Waals surface area contributed by atoms with Crippen LogP contribution >= 0.6 is 0 Å². The van der Waals surface area contributed by atoms with E-state index in [2.05, 4.69) is 0 Å². The quantitative estimate of drug-likeness (QED) is 0.167. The number of para-hydroxylation sites is 5. The van der Waals surface area contributed by atoms with Crippen LogP contribution in [0, 0.1) is 0 Å². The first kappa shape index (κ1) is 17.0. The summed E-state index contributed by atoms with van der Waals surface area (Å²) in [7, 11) is 0. The van der Waals surface area contributed by atoms with Crippen molar-refractivity contribution in [2.24, 2.45) is 0 Å². The van der Waals surface area contributed by atoms with Crippen molar-refractivity contribution in [2.45, 2.75) is 0 Å². The third-order valence-electron chi connectivity index (χ3n) is 10.3. The fourth-order valence-corrected chi connectivity index (χ4v) is 7.90. The maximum atomic E-state index is 9.94. The molecule has 0 aliphatic rings. The second kappa shape index (κ2) is 12.5. The Morgan fingerprint density at radius 2 is 0.789 bits per heavy atom. The van der Waals surface area contributed by atoms with Gasteiger partial charge in [-0.05, 0) is 82.7 Å².